The van der Waals surface area contributed by atoms with Crippen molar-refractivity contribution in [2.75, 3.05) is 35.0 Å². The maximum Gasteiger partial charge on any atom is 0.186 e. The molecule has 0 bridgehead atoms. The van der Waals surface area contributed by atoms with E-state index in [0.29, 0.717) is 6.61 Å². The molecule has 1 aliphatic heterocycles. The molecular weight excluding hydrogens is 188 g/mol. The molecule has 5 heteroatoms. The molecule has 1 fully saturated rings. The maximum atomic E-state index is 5.56. The largest absolute Gasteiger partial charge is 0.382 e. The van der Waals surface area contributed by atoms with E-state index in [0.717, 1.165) is 0 Å². The summed E-state index contributed by atoms with van der Waals surface area (Å²) in [5, 5.41) is 0. The quantitative estimate of drug-likeness (QED) is 0.635. The number of methoxy groups -OCH3 is 4. The van der Waals surface area contributed by atoms with Gasteiger partial charge < -0.3 is 23.7 Å². The average molecular weight is 206 g/mol. The zero-order chi connectivity index (χ0) is 10.6. The molecule has 0 aromatic heterocycles. The lowest BCUT2D eigenvalue weighted by Crippen LogP contribution is -2.37. The average Bonchev–Trinajstić information content (AvgIpc) is 2.55. The third kappa shape index (κ3) is 2.24. The van der Waals surface area contributed by atoms with Crippen LogP contribution in [-0.2, 0) is 23.7 Å². The number of rotatable bonds is 5. The molecule has 0 unspecified atom stereocenters. The van der Waals surface area contributed by atoms with Crippen LogP contribution in [-0.4, -0.2) is 59.6 Å². The highest BCUT2D eigenvalue weighted by Crippen LogP contribution is 2.26. The van der Waals surface area contributed by atoms with E-state index in [1.807, 2.05) is 0 Å². The van der Waals surface area contributed by atoms with E-state index in [-0.39, 0.29) is 24.6 Å². The van der Waals surface area contributed by atoms with Gasteiger partial charge in [0.2, 0.25) is 0 Å². The Kier molecular flexibility index (Phi) is 4.77. The first-order valence-electron chi connectivity index (χ1n) is 4.51. The zero-order valence-electron chi connectivity index (χ0n) is 9.06. The molecule has 0 aromatic carbocycles. The van der Waals surface area contributed by atoms with Crippen molar-refractivity contribution in [3.05, 3.63) is 0 Å². The van der Waals surface area contributed by atoms with Gasteiger partial charge in [0.15, 0.2) is 6.29 Å². The fraction of sp³-hybridized carbons (Fsp3) is 1.00. The minimum atomic E-state index is -0.384. The summed E-state index contributed by atoms with van der Waals surface area (Å²) in [6.07, 6.45) is -0.875. The van der Waals surface area contributed by atoms with E-state index in [4.69, 9.17) is 23.7 Å². The Labute approximate surface area is 84.2 Å². The summed E-state index contributed by atoms with van der Waals surface area (Å²) in [6, 6.07) is 0. The Morgan fingerprint density at radius 2 is 1.57 bits per heavy atom. The minimum Gasteiger partial charge on any atom is -0.382 e. The van der Waals surface area contributed by atoms with Gasteiger partial charge in [-0.1, -0.05) is 0 Å². The van der Waals surface area contributed by atoms with Crippen molar-refractivity contribution in [2.45, 2.75) is 24.6 Å². The standard InChI is InChI=1S/C9H18O5/c1-10-5-6-7(11-2)8(12-3)9(13-4)14-6/h6-9H,5H2,1-4H3/t6-,7-,8-,9-/m1/s1. The van der Waals surface area contributed by atoms with Crippen molar-refractivity contribution < 1.29 is 23.7 Å². The molecule has 14 heavy (non-hydrogen) atoms. The maximum absolute atomic E-state index is 5.56. The molecule has 0 aliphatic carbocycles. The van der Waals surface area contributed by atoms with Crippen LogP contribution in [0.4, 0.5) is 0 Å². The predicted octanol–water partition coefficient (Wildman–Crippen LogP) is 0.0341. The Morgan fingerprint density at radius 1 is 0.929 bits per heavy atom. The first-order valence-corrected chi connectivity index (χ1v) is 4.51. The van der Waals surface area contributed by atoms with Crippen LogP contribution in [0.2, 0.25) is 0 Å². The van der Waals surface area contributed by atoms with E-state index in [1.54, 1.807) is 28.4 Å². The van der Waals surface area contributed by atoms with Gasteiger partial charge in [0.05, 0.1) is 6.61 Å². The van der Waals surface area contributed by atoms with Crippen molar-refractivity contribution in [2.24, 2.45) is 0 Å². The lowest BCUT2D eigenvalue weighted by Gasteiger charge is -2.20. The van der Waals surface area contributed by atoms with Crippen LogP contribution in [0.15, 0.2) is 0 Å². The summed E-state index contributed by atoms with van der Waals surface area (Å²) in [7, 11) is 6.44. The molecule has 0 amide bonds. The lowest BCUT2D eigenvalue weighted by atomic mass is 10.1. The van der Waals surface area contributed by atoms with E-state index >= 15 is 0 Å². The normalized spacial score (nSPS) is 37.7. The van der Waals surface area contributed by atoms with Gasteiger partial charge in [-0.3, -0.25) is 0 Å². The molecule has 4 atom stereocenters. The van der Waals surface area contributed by atoms with E-state index in [1.165, 1.54) is 0 Å². The molecule has 0 saturated carbocycles. The summed E-state index contributed by atoms with van der Waals surface area (Å²) in [6.45, 7) is 0.470. The minimum absolute atomic E-state index is 0.139. The summed E-state index contributed by atoms with van der Waals surface area (Å²) in [4.78, 5) is 0. The second kappa shape index (κ2) is 5.63. The highest BCUT2D eigenvalue weighted by atomic mass is 16.7. The molecule has 1 heterocycles. The van der Waals surface area contributed by atoms with Crippen LogP contribution in [0.5, 0.6) is 0 Å². The SMILES string of the molecule is COC[C@H]1O[C@@H](OC)[C@H](OC)[C@@H]1OC. The van der Waals surface area contributed by atoms with Gasteiger partial charge >= 0.3 is 0 Å². The molecule has 1 aliphatic rings. The van der Waals surface area contributed by atoms with Crippen molar-refractivity contribution in [1.82, 2.24) is 0 Å². The summed E-state index contributed by atoms with van der Waals surface area (Å²) in [5.41, 5.74) is 0. The fourth-order valence-electron chi connectivity index (χ4n) is 1.71. The van der Waals surface area contributed by atoms with Gasteiger partial charge in [-0.05, 0) is 0 Å². The third-order valence-electron chi connectivity index (χ3n) is 2.37. The molecule has 0 spiro atoms. The van der Waals surface area contributed by atoms with Crippen LogP contribution < -0.4 is 0 Å². The fourth-order valence-corrected chi connectivity index (χ4v) is 1.71. The number of hydrogen-bond acceptors (Lipinski definition) is 5. The Morgan fingerprint density at radius 3 is 2.00 bits per heavy atom. The van der Waals surface area contributed by atoms with Crippen molar-refractivity contribution in [1.29, 1.82) is 0 Å². The second-order valence-electron chi connectivity index (χ2n) is 3.13. The van der Waals surface area contributed by atoms with Gasteiger partial charge in [-0.25, -0.2) is 0 Å². The van der Waals surface area contributed by atoms with E-state index in [9.17, 15) is 0 Å². The van der Waals surface area contributed by atoms with Crippen molar-refractivity contribution >= 4 is 0 Å². The Hall–Kier alpha value is -0.200. The third-order valence-corrected chi connectivity index (χ3v) is 2.37. The van der Waals surface area contributed by atoms with Crippen molar-refractivity contribution in [3.8, 4) is 0 Å². The topological polar surface area (TPSA) is 46.2 Å². The van der Waals surface area contributed by atoms with Crippen molar-refractivity contribution in [3.63, 3.8) is 0 Å². The van der Waals surface area contributed by atoms with Crippen LogP contribution in [0.1, 0.15) is 0 Å². The van der Waals surface area contributed by atoms with Crippen LogP contribution in [0.25, 0.3) is 0 Å². The second-order valence-corrected chi connectivity index (χ2v) is 3.13. The molecule has 1 saturated heterocycles. The molecular formula is C9H18O5. The summed E-state index contributed by atoms with van der Waals surface area (Å²) < 4.78 is 26.3. The molecule has 84 valence electrons. The first kappa shape index (κ1) is 11.9. The lowest BCUT2D eigenvalue weighted by molar-refractivity contribution is -0.160. The Balaban J connectivity index is 2.62. The number of hydrogen-bond donors (Lipinski definition) is 0. The molecule has 5 nitrogen and oxygen atoms in total. The van der Waals surface area contributed by atoms with Gasteiger partial charge in [0.1, 0.15) is 18.3 Å². The van der Waals surface area contributed by atoms with Crippen LogP contribution in [0.3, 0.4) is 0 Å². The zero-order valence-corrected chi connectivity index (χ0v) is 9.06. The predicted molar refractivity (Wildman–Crippen MR) is 49.1 cm³/mol. The van der Waals surface area contributed by atoms with Crippen LogP contribution >= 0.6 is 0 Å². The Bertz CT molecular complexity index is 163. The van der Waals surface area contributed by atoms with Crippen LogP contribution in [0, 0.1) is 0 Å². The first-order chi connectivity index (χ1) is 6.78. The molecule has 1 rings (SSSR count). The highest BCUT2D eigenvalue weighted by Gasteiger charge is 2.45. The molecule has 0 radical (unpaired) electrons. The van der Waals surface area contributed by atoms with Gasteiger partial charge in [-0.2, -0.15) is 0 Å². The van der Waals surface area contributed by atoms with Gasteiger partial charge in [0.25, 0.3) is 0 Å². The summed E-state index contributed by atoms with van der Waals surface area (Å²) in [5.74, 6) is 0. The van der Waals surface area contributed by atoms with E-state index < -0.39 is 0 Å². The molecule has 0 N–H and O–H groups in total. The number of ether oxygens (including phenoxy) is 5. The highest BCUT2D eigenvalue weighted by molar-refractivity contribution is 4.88. The summed E-state index contributed by atoms with van der Waals surface area (Å²) >= 11 is 0. The molecule has 0 aromatic rings. The smallest absolute Gasteiger partial charge is 0.186 e. The van der Waals surface area contributed by atoms with E-state index in [2.05, 4.69) is 0 Å². The van der Waals surface area contributed by atoms with Gasteiger partial charge in [0, 0.05) is 28.4 Å². The van der Waals surface area contributed by atoms with Gasteiger partial charge in [-0.15, -0.1) is 0 Å². The monoisotopic (exact) mass is 206 g/mol.